The summed E-state index contributed by atoms with van der Waals surface area (Å²) in [6.45, 7) is 2.39. The number of thiophene rings is 1. The van der Waals surface area contributed by atoms with Gasteiger partial charge >= 0.3 is 6.18 Å². The third-order valence-corrected chi connectivity index (χ3v) is 6.61. The summed E-state index contributed by atoms with van der Waals surface area (Å²) in [5.74, 6) is -1.50. The van der Waals surface area contributed by atoms with E-state index in [1.54, 1.807) is 18.2 Å². The SMILES string of the molecule is CCOc1ccc(N(C)S(=O)[O-])cc1OC.O=C(Nc1cc(Cl)cc(C(=O)C(F)(F)F)c1)c1ccc(Cl)s1. The Morgan fingerprint density at radius 3 is 2.32 bits per heavy atom. The summed E-state index contributed by atoms with van der Waals surface area (Å²) in [5.41, 5.74) is -0.150. The third kappa shape index (κ3) is 8.88. The normalized spacial score (nSPS) is 11.6. The summed E-state index contributed by atoms with van der Waals surface area (Å²) >= 11 is 10.1. The number of hydrogen-bond donors (Lipinski definition) is 1. The summed E-state index contributed by atoms with van der Waals surface area (Å²) in [7, 11) is 2.97. The Morgan fingerprint density at radius 1 is 1.11 bits per heavy atom. The second-order valence-corrected chi connectivity index (χ2v) is 10.2. The molecule has 1 unspecified atom stereocenters. The quantitative estimate of drug-likeness (QED) is 0.234. The van der Waals surface area contributed by atoms with Gasteiger partial charge in [0.25, 0.3) is 11.7 Å². The molecule has 1 amide bonds. The van der Waals surface area contributed by atoms with Crippen LogP contribution in [0, 0.1) is 0 Å². The van der Waals surface area contributed by atoms with Crippen molar-refractivity contribution in [2.75, 3.05) is 30.4 Å². The minimum atomic E-state index is -5.02. The fourth-order valence-electron chi connectivity index (χ4n) is 2.80. The second-order valence-electron chi connectivity index (χ2n) is 7.10. The lowest BCUT2D eigenvalue weighted by molar-refractivity contribution is -0.0885. The molecule has 1 atom stereocenters. The number of ketones is 1. The van der Waals surface area contributed by atoms with E-state index in [9.17, 15) is 31.5 Å². The highest BCUT2D eigenvalue weighted by Gasteiger charge is 2.39. The van der Waals surface area contributed by atoms with Crippen LogP contribution in [0.3, 0.4) is 0 Å². The van der Waals surface area contributed by atoms with Crippen molar-refractivity contribution in [1.82, 2.24) is 0 Å². The number of benzene rings is 2. The zero-order valence-corrected chi connectivity index (χ0v) is 23.1. The number of rotatable bonds is 8. The molecule has 0 aliphatic rings. The average molecular weight is 612 g/mol. The molecule has 0 fully saturated rings. The minimum absolute atomic E-state index is 0.0189. The maximum absolute atomic E-state index is 12.4. The molecule has 38 heavy (non-hydrogen) atoms. The molecule has 0 aliphatic carbocycles. The van der Waals surface area contributed by atoms with Crippen molar-refractivity contribution in [2.45, 2.75) is 13.1 Å². The van der Waals surface area contributed by atoms with Crippen LogP contribution in [0.25, 0.3) is 0 Å². The minimum Gasteiger partial charge on any atom is -0.755 e. The van der Waals surface area contributed by atoms with E-state index in [1.807, 2.05) is 6.92 Å². The van der Waals surface area contributed by atoms with Gasteiger partial charge in [0.2, 0.25) is 0 Å². The molecule has 206 valence electrons. The summed E-state index contributed by atoms with van der Waals surface area (Å²) in [5, 5.41) is 2.27. The number of methoxy groups -OCH3 is 1. The van der Waals surface area contributed by atoms with Crippen LogP contribution < -0.4 is 19.1 Å². The number of anilines is 2. The van der Waals surface area contributed by atoms with Gasteiger partial charge in [0, 0.05) is 40.7 Å². The summed E-state index contributed by atoms with van der Waals surface area (Å²) in [6, 6.07) is 11.0. The Kier molecular flexibility index (Phi) is 11.4. The Bertz CT molecular complexity index is 1320. The molecule has 8 nitrogen and oxygen atoms in total. The van der Waals surface area contributed by atoms with E-state index in [0.717, 1.165) is 27.8 Å². The first kappa shape index (κ1) is 31.4. The van der Waals surface area contributed by atoms with Gasteiger partial charge in [-0.15, -0.1) is 11.3 Å². The van der Waals surface area contributed by atoms with Gasteiger partial charge in [-0.1, -0.05) is 23.2 Å². The maximum atomic E-state index is 12.4. The van der Waals surface area contributed by atoms with Crippen LogP contribution >= 0.6 is 34.5 Å². The lowest BCUT2D eigenvalue weighted by atomic mass is 10.1. The topological polar surface area (TPSA) is 108 Å². The van der Waals surface area contributed by atoms with Crippen LogP contribution in [0.5, 0.6) is 11.5 Å². The Balaban J connectivity index is 0.000000281. The van der Waals surface area contributed by atoms with Gasteiger partial charge < -0.3 is 23.6 Å². The van der Waals surface area contributed by atoms with E-state index in [-0.39, 0.29) is 15.6 Å². The number of halogens is 5. The highest BCUT2D eigenvalue weighted by Crippen LogP contribution is 2.32. The van der Waals surface area contributed by atoms with Crippen LogP contribution in [0.1, 0.15) is 27.0 Å². The van der Waals surface area contributed by atoms with E-state index in [4.69, 9.17) is 32.7 Å². The third-order valence-electron chi connectivity index (χ3n) is 4.51. The summed E-state index contributed by atoms with van der Waals surface area (Å²) in [4.78, 5) is 23.4. The van der Waals surface area contributed by atoms with E-state index in [0.29, 0.717) is 28.1 Å². The predicted molar refractivity (Wildman–Crippen MR) is 141 cm³/mol. The highest BCUT2D eigenvalue weighted by molar-refractivity contribution is 7.80. The highest BCUT2D eigenvalue weighted by atomic mass is 35.5. The summed E-state index contributed by atoms with van der Waals surface area (Å²) < 4.78 is 70.8. The number of ether oxygens (including phenoxy) is 2. The number of nitrogens with one attached hydrogen (secondary N) is 1. The first-order valence-electron chi connectivity index (χ1n) is 10.4. The van der Waals surface area contributed by atoms with Crippen molar-refractivity contribution in [1.29, 1.82) is 0 Å². The largest absolute Gasteiger partial charge is 0.755 e. The van der Waals surface area contributed by atoms with E-state index >= 15 is 0 Å². The van der Waals surface area contributed by atoms with Crippen molar-refractivity contribution in [3.63, 3.8) is 0 Å². The van der Waals surface area contributed by atoms with Crippen LogP contribution in [0.4, 0.5) is 24.5 Å². The van der Waals surface area contributed by atoms with Crippen molar-refractivity contribution in [2.24, 2.45) is 0 Å². The molecule has 1 heterocycles. The van der Waals surface area contributed by atoms with Crippen LogP contribution in [-0.4, -0.2) is 47.4 Å². The molecule has 0 radical (unpaired) electrons. The van der Waals surface area contributed by atoms with Crippen molar-refractivity contribution < 1.29 is 41.0 Å². The van der Waals surface area contributed by atoms with Crippen LogP contribution in [-0.2, 0) is 11.3 Å². The first-order chi connectivity index (χ1) is 17.8. The van der Waals surface area contributed by atoms with Gasteiger partial charge in [0.15, 0.2) is 11.5 Å². The molecule has 1 N–H and O–H groups in total. The van der Waals surface area contributed by atoms with Gasteiger partial charge in [-0.25, -0.2) is 0 Å². The molecule has 3 rings (SSSR count). The van der Waals surface area contributed by atoms with E-state index < -0.39 is 34.7 Å². The Hall–Kier alpha value is -2.84. The number of amides is 1. The number of alkyl halides is 3. The Labute approximate surface area is 232 Å². The molecule has 1 aromatic heterocycles. The molecule has 0 aliphatic heterocycles. The number of carbonyl (C=O) groups excluding carboxylic acids is 2. The monoisotopic (exact) mass is 611 g/mol. The summed E-state index contributed by atoms with van der Waals surface area (Å²) in [6.07, 6.45) is -5.02. The Morgan fingerprint density at radius 2 is 1.79 bits per heavy atom. The molecule has 0 saturated heterocycles. The van der Waals surface area contributed by atoms with Crippen molar-refractivity contribution in [3.05, 3.63) is 68.3 Å². The zero-order valence-electron chi connectivity index (χ0n) is 19.9. The fourth-order valence-corrected chi connectivity index (χ4v) is 4.26. The van der Waals surface area contributed by atoms with Crippen LogP contribution in [0.15, 0.2) is 48.5 Å². The lowest BCUT2D eigenvalue weighted by Gasteiger charge is -2.22. The predicted octanol–water partition coefficient (Wildman–Crippen LogP) is 6.38. The van der Waals surface area contributed by atoms with E-state index in [1.165, 1.54) is 32.4 Å². The fraction of sp³-hybridized carbons (Fsp3) is 0.217. The standard InChI is InChI=1S/C13H6Cl2F3NO2S.C10H15NO4S/c14-7-3-6(11(20)13(16,17)18)4-8(5-7)19-12(21)9-1-2-10(15)22-9;1-4-15-9-6-5-8(7-10(9)14-3)11(2)16(12)13/h1-5H,(H,19,21);5-7H,4H2,1-3H3,(H,12,13)/p-1. The van der Waals surface area contributed by atoms with Gasteiger partial charge in [-0.05, 0) is 49.4 Å². The average Bonchev–Trinajstić information content (AvgIpc) is 3.29. The molecule has 15 heteroatoms. The van der Waals surface area contributed by atoms with Gasteiger partial charge in [0.1, 0.15) is 0 Å². The molecule has 0 bridgehead atoms. The number of hydrogen-bond acceptors (Lipinski definition) is 7. The molecule has 0 spiro atoms. The number of carbonyl (C=O) groups is 2. The van der Waals surface area contributed by atoms with Crippen molar-refractivity contribution >= 4 is 68.9 Å². The van der Waals surface area contributed by atoms with Crippen LogP contribution in [0.2, 0.25) is 9.36 Å². The van der Waals surface area contributed by atoms with Gasteiger partial charge in [0.05, 0.1) is 28.6 Å². The van der Waals surface area contributed by atoms with Gasteiger partial charge in [-0.3, -0.25) is 13.8 Å². The zero-order chi connectivity index (χ0) is 28.6. The first-order valence-corrected chi connectivity index (χ1v) is 13.0. The van der Waals surface area contributed by atoms with E-state index in [2.05, 4.69) is 5.32 Å². The molecule has 0 saturated carbocycles. The molecular weight excluding hydrogens is 592 g/mol. The maximum Gasteiger partial charge on any atom is 0.454 e. The number of nitrogens with zero attached hydrogens (tertiary/aromatic N) is 1. The van der Waals surface area contributed by atoms with Gasteiger partial charge in [-0.2, -0.15) is 13.2 Å². The smallest absolute Gasteiger partial charge is 0.454 e. The molecule has 3 aromatic rings. The van der Waals surface area contributed by atoms with Crippen molar-refractivity contribution in [3.8, 4) is 11.5 Å². The lowest BCUT2D eigenvalue weighted by Crippen LogP contribution is -2.23. The molecule has 2 aromatic carbocycles. The second kappa shape index (κ2) is 13.8. The number of Topliss-reactive ketones (excluding diaryl/α,β-unsaturated/α-hetero) is 1. The molecular formula is C23H20Cl2F3N2O6S2-.